The minimum absolute atomic E-state index is 0.0626. The monoisotopic (exact) mass is 356 g/mol. The molecule has 0 spiro atoms. The summed E-state index contributed by atoms with van der Waals surface area (Å²) in [4.78, 5) is 23.0. The molecule has 0 bridgehead atoms. The molecule has 25 heavy (non-hydrogen) atoms. The zero-order valence-corrected chi connectivity index (χ0v) is 16.1. The van der Waals surface area contributed by atoms with Gasteiger partial charge in [-0.15, -0.1) is 10.2 Å². The van der Waals surface area contributed by atoms with Crippen LogP contribution in [0.3, 0.4) is 0 Å². The molecule has 142 valence electrons. The molecule has 2 N–H and O–H groups in total. The van der Waals surface area contributed by atoms with Crippen LogP contribution in [-0.4, -0.2) is 50.0 Å². The molecule has 0 fully saturated rings. The lowest BCUT2D eigenvalue weighted by Crippen LogP contribution is -2.30. The molecule has 0 saturated carbocycles. The Balaban J connectivity index is 0.000000251. The highest BCUT2D eigenvalue weighted by Gasteiger charge is 2.12. The standard InChI is InChI=1S/C7H15N5O.C7H13N3O2/c1-5(2)11-7(13)12(9-4)6(8-3)10-11;1-5(2)10-7(11)9(3)6(8-10)12-4/h5,9H,1-4H3,(H,8,10);5H,1-4H3. The average molecular weight is 356 g/mol. The fourth-order valence-electron chi connectivity index (χ4n) is 2.03. The van der Waals surface area contributed by atoms with Gasteiger partial charge in [0.05, 0.1) is 19.2 Å². The van der Waals surface area contributed by atoms with Crippen molar-refractivity contribution in [1.29, 1.82) is 0 Å². The number of hydrogen-bond donors (Lipinski definition) is 2. The van der Waals surface area contributed by atoms with Crippen LogP contribution in [0.15, 0.2) is 9.59 Å². The summed E-state index contributed by atoms with van der Waals surface area (Å²) in [7, 11) is 6.52. The van der Waals surface area contributed by atoms with Crippen molar-refractivity contribution >= 4 is 5.95 Å². The van der Waals surface area contributed by atoms with Gasteiger partial charge >= 0.3 is 17.4 Å². The molecule has 0 amide bonds. The van der Waals surface area contributed by atoms with Crippen molar-refractivity contribution in [2.45, 2.75) is 39.8 Å². The van der Waals surface area contributed by atoms with Crippen LogP contribution in [-0.2, 0) is 7.05 Å². The Labute approximate surface area is 146 Å². The summed E-state index contributed by atoms with van der Waals surface area (Å²) in [5.41, 5.74) is 2.43. The van der Waals surface area contributed by atoms with Gasteiger partial charge in [0.15, 0.2) is 0 Å². The minimum Gasteiger partial charge on any atom is -0.467 e. The van der Waals surface area contributed by atoms with E-state index in [0.29, 0.717) is 12.0 Å². The molecule has 11 heteroatoms. The van der Waals surface area contributed by atoms with E-state index in [1.54, 1.807) is 21.1 Å². The molecule has 0 aromatic carbocycles. The van der Waals surface area contributed by atoms with Crippen LogP contribution in [0.5, 0.6) is 6.01 Å². The van der Waals surface area contributed by atoms with Crippen LogP contribution in [0.25, 0.3) is 0 Å². The molecule has 2 aromatic heterocycles. The van der Waals surface area contributed by atoms with Crippen molar-refractivity contribution in [3.8, 4) is 6.01 Å². The van der Waals surface area contributed by atoms with E-state index in [-0.39, 0.29) is 23.5 Å². The van der Waals surface area contributed by atoms with Crippen LogP contribution in [0.4, 0.5) is 5.95 Å². The van der Waals surface area contributed by atoms with Crippen LogP contribution < -0.4 is 26.9 Å². The largest absolute Gasteiger partial charge is 0.467 e. The van der Waals surface area contributed by atoms with Crippen LogP contribution in [0, 0.1) is 0 Å². The number of methoxy groups -OCH3 is 1. The zero-order chi connectivity index (χ0) is 19.3. The Morgan fingerprint density at radius 1 is 0.960 bits per heavy atom. The molecule has 0 unspecified atom stereocenters. The molecule has 0 aliphatic rings. The summed E-state index contributed by atoms with van der Waals surface area (Å²) in [5, 5.41) is 10.9. The van der Waals surface area contributed by atoms with E-state index in [2.05, 4.69) is 20.9 Å². The van der Waals surface area contributed by atoms with E-state index in [9.17, 15) is 9.59 Å². The second-order valence-electron chi connectivity index (χ2n) is 5.82. The second kappa shape index (κ2) is 8.40. The first-order chi connectivity index (χ1) is 11.7. The number of nitrogens with one attached hydrogen (secondary N) is 2. The molecule has 2 aromatic rings. The van der Waals surface area contributed by atoms with E-state index in [1.807, 2.05) is 27.7 Å². The van der Waals surface area contributed by atoms with Gasteiger partial charge in [-0.2, -0.15) is 4.68 Å². The maximum Gasteiger partial charge on any atom is 0.366 e. The molecule has 11 nitrogen and oxygen atoms in total. The van der Waals surface area contributed by atoms with Crippen molar-refractivity contribution in [3.63, 3.8) is 0 Å². The smallest absolute Gasteiger partial charge is 0.366 e. The third kappa shape index (κ3) is 4.22. The third-order valence-electron chi connectivity index (χ3n) is 3.37. The molecule has 0 atom stereocenters. The fourth-order valence-corrected chi connectivity index (χ4v) is 2.03. The van der Waals surface area contributed by atoms with Gasteiger partial charge < -0.3 is 15.5 Å². The highest BCUT2D eigenvalue weighted by molar-refractivity contribution is 5.23. The number of hydrogen-bond acceptors (Lipinski definition) is 7. The highest BCUT2D eigenvalue weighted by Crippen LogP contribution is 2.04. The predicted octanol–water partition coefficient (Wildman–Crippen LogP) is 0.0120. The van der Waals surface area contributed by atoms with Crippen molar-refractivity contribution in [2.24, 2.45) is 7.05 Å². The van der Waals surface area contributed by atoms with Gasteiger partial charge in [-0.1, -0.05) is 0 Å². The summed E-state index contributed by atoms with van der Waals surface area (Å²) in [6, 6.07) is 0.468. The van der Waals surface area contributed by atoms with Gasteiger partial charge in [-0.05, 0) is 27.7 Å². The number of aromatic nitrogens is 6. The Bertz CT molecular complexity index is 796. The lowest BCUT2D eigenvalue weighted by molar-refractivity contribution is 0.358. The maximum absolute atomic E-state index is 11.6. The van der Waals surface area contributed by atoms with E-state index in [1.165, 1.54) is 25.7 Å². The van der Waals surface area contributed by atoms with Crippen LogP contribution >= 0.6 is 0 Å². The minimum atomic E-state index is -0.165. The SMILES string of the molecule is CNc1nn(C(C)C)c(=O)n1NC.COc1nn(C(C)C)c(=O)n1C. The average Bonchev–Trinajstić information content (AvgIpc) is 3.05. The van der Waals surface area contributed by atoms with Gasteiger partial charge in [-0.25, -0.2) is 23.5 Å². The molecule has 0 aliphatic heterocycles. The van der Waals surface area contributed by atoms with Gasteiger partial charge in [0.25, 0.3) is 0 Å². The Morgan fingerprint density at radius 2 is 1.48 bits per heavy atom. The van der Waals surface area contributed by atoms with E-state index >= 15 is 0 Å². The van der Waals surface area contributed by atoms with Gasteiger partial charge in [-0.3, -0.25) is 0 Å². The first-order valence-electron chi connectivity index (χ1n) is 7.96. The molecule has 2 heterocycles. The Hall–Kier alpha value is -2.72. The second-order valence-corrected chi connectivity index (χ2v) is 5.82. The van der Waals surface area contributed by atoms with Crippen LogP contribution in [0.2, 0.25) is 0 Å². The summed E-state index contributed by atoms with van der Waals surface area (Å²) in [6.07, 6.45) is 0. The summed E-state index contributed by atoms with van der Waals surface area (Å²) < 4.78 is 10.4. The van der Waals surface area contributed by atoms with Crippen molar-refractivity contribution in [2.75, 3.05) is 31.9 Å². The van der Waals surface area contributed by atoms with Gasteiger partial charge in [0.1, 0.15) is 0 Å². The lowest BCUT2D eigenvalue weighted by Gasteiger charge is -2.01. The summed E-state index contributed by atoms with van der Waals surface area (Å²) >= 11 is 0. The molecular formula is C14H28N8O3. The van der Waals surface area contributed by atoms with Gasteiger partial charge in [0.2, 0.25) is 5.95 Å². The van der Waals surface area contributed by atoms with Crippen molar-refractivity contribution in [3.05, 3.63) is 21.0 Å². The molecule has 0 radical (unpaired) electrons. The first kappa shape index (κ1) is 20.3. The normalized spacial score (nSPS) is 10.6. The maximum atomic E-state index is 11.6. The van der Waals surface area contributed by atoms with E-state index < -0.39 is 0 Å². The first-order valence-corrected chi connectivity index (χ1v) is 7.96. The highest BCUT2D eigenvalue weighted by atomic mass is 16.5. The topological polar surface area (TPSA) is 113 Å². The predicted molar refractivity (Wildman–Crippen MR) is 96.1 cm³/mol. The molecule has 0 aliphatic carbocycles. The quantitative estimate of drug-likeness (QED) is 0.776. The van der Waals surface area contributed by atoms with E-state index in [4.69, 9.17) is 4.74 Å². The molecular weight excluding hydrogens is 328 g/mol. The number of rotatable bonds is 5. The number of nitrogens with zero attached hydrogens (tertiary/aromatic N) is 6. The van der Waals surface area contributed by atoms with Crippen molar-refractivity contribution in [1.82, 2.24) is 28.8 Å². The third-order valence-corrected chi connectivity index (χ3v) is 3.37. The lowest BCUT2D eigenvalue weighted by atomic mass is 10.4. The summed E-state index contributed by atoms with van der Waals surface area (Å²) in [5.74, 6) is 0.515. The fraction of sp³-hybridized carbons (Fsp3) is 0.714. The number of ether oxygens (including phenoxy) is 1. The Morgan fingerprint density at radius 3 is 1.76 bits per heavy atom. The molecule has 0 saturated heterocycles. The van der Waals surface area contributed by atoms with Gasteiger partial charge in [0, 0.05) is 21.1 Å². The van der Waals surface area contributed by atoms with Crippen LogP contribution in [0.1, 0.15) is 39.8 Å². The van der Waals surface area contributed by atoms with E-state index in [0.717, 1.165) is 0 Å². The number of anilines is 1. The van der Waals surface area contributed by atoms with Crippen molar-refractivity contribution < 1.29 is 4.74 Å². The Kier molecular flexibility index (Phi) is 6.83. The summed E-state index contributed by atoms with van der Waals surface area (Å²) in [6.45, 7) is 7.61. The molecule has 2 rings (SSSR count). The zero-order valence-electron chi connectivity index (χ0n) is 16.1.